The van der Waals surface area contributed by atoms with Crippen molar-refractivity contribution in [2.75, 3.05) is 44.6 Å². The van der Waals surface area contributed by atoms with Crippen LogP contribution in [0.25, 0.3) is 0 Å². The molecule has 2 aliphatic heterocycles. The largest absolute Gasteiger partial charge is 0.326 e. The molecule has 2 heterocycles. The predicted molar refractivity (Wildman–Crippen MR) is 102 cm³/mol. The fourth-order valence-electron chi connectivity index (χ4n) is 3.57. The summed E-state index contributed by atoms with van der Waals surface area (Å²) in [6, 6.07) is 7.82. The summed E-state index contributed by atoms with van der Waals surface area (Å²) in [6.45, 7) is 6.36. The fraction of sp³-hybridized carbons (Fsp3) is 0.611. The van der Waals surface area contributed by atoms with Gasteiger partial charge in [-0.25, -0.2) is 0 Å². The summed E-state index contributed by atoms with van der Waals surface area (Å²) in [7, 11) is -3.30. The van der Waals surface area contributed by atoms with Crippen molar-refractivity contribution < 1.29 is 13.2 Å². The molecule has 144 valence electrons. The van der Waals surface area contributed by atoms with Crippen LogP contribution in [0.5, 0.6) is 0 Å². The normalized spacial score (nSPS) is 20.8. The second-order valence-corrected chi connectivity index (χ2v) is 8.95. The van der Waals surface area contributed by atoms with Crippen molar-refractivity contribution in [3.05, 3.63) is 29.8 Å². The van der Waals surface area contributed by atoms with E-state index in [1.807, 2.05) is 24.3 Å². The lowest BCUT2D eigenvalue weighted by atomic mass is 10.2. The van der Waals surface area contributed by atoms with E-state index in [0.29, 0.717) is 26.2 Å². The van der Waals surface area contributed by atoms with Gasteiger partial charge in [-0.3, -0.25) is 9.69 Å². The van der Waals surface area contributed by atoms with Gasteiger partial charge in [0.15, 0.2) is 0 Å². The number of benzene rings is 1. The van der Waals surface area contributed by atoms with E-state index in [0.717, 1.165) is 50.1 Å². The minimum atomic E-state index is -3.30. The van der Waals surface area contributed by atoms with Crippen LogP contribution in [0.2, 0.25) is 0 Å². The first kappa shape index (κ1) is 19.3. The van der Waals surface area contributed by atoms with Crippen molar-refractivity contribution in [3.8, 4) is 0 Å². The number of anilines is 1. The third-order valence-electron chi connectivity index (χ3n) is 4.95. The highest BCUT2D eigenvalue weighted by atomic mass is 32.2. The maximum absolute atomic E-state index is 12.7. The highest BCUT2D eigenvalue weighted by Crippen LogP contribution is 2.19. The van der Waals surface area contributed by atoms with Gasteiger partial charge in [0.05, 0.1) is 0 Å². The Morgan fingerprint density at radius 3 is 2.19 bits per heavy atom. The first-order valence-corrected chi connectivity index (χ1v) is 10.7. The van der Waals surface area contributed by atoms with Crippen molar-refractivity contribution >= 4 is 21.8 Å². The van der Waals surface area contributed by atoms with Gasteiger partial charge < -0.3 is 5.32 Å². The molecule has 8 heteroatoms. The van der Waals surface area contributed by atoms with Gasteiger partial charge in [0.1, 0.15) is 0 Å². The predicted octanol–water partition coefficient (Wildman–Crippen LogP) is 1.49. The molecule has 0 spiro atoms. The lowest BCUT2D eigenvalue weighted by Gasteiger charge is -2.26. The molecule has 2 fully saturated rings. The molecule has 1 aromatic rings. The Labute approximate surface area is 156 Å². The number of nitrogens with one attached hydrogen (secondary N) is 1. The summed E-state index contributed by atoms with van der Waals surface area (Å²) in [6.07, 6.45) is 2.78. The first-order chi connectivity index (χ1) is 12.4. The summed E-state index contributed by atoms with van der Waals surface area (Å²) in [5, 5.41) is 2.76. The van der Waals surface area contributed by atoms with Gasteiger partial charge >= 0.3 is 0 Å². The van der Waals surface area contributed by atoms with Gasteiger partial charge in [-0.15, -0.1) is 0 Å². The van der Waals surface area contributed by atoms with E-state index in [9.17, 15) is 13.2 Å². The van der Waals surface area contributed by atoms with Crippen LogP contribution in [0, 0.1) is 0 Å². The number of nitrogens with zero attached hydrogens (tertiary/aromatic N) is 3. The smallest absolute Gasteiger partial charge is 0.282 e. The number of carbonyl (C=O) groups is 1. The molecule has 0 radical (unpaired) electrons. The van der Waals surface area contributed by atoms with Crippen LogP contribution in [0.4, 0.5) is 5.69 Å². The van der Waals surface area contributed by atoms with Crippen molar-refractivity contribution in [1.82, 2.24) is 13.5 Å². The van der Waals surface area contributed by atoms with Gasteiger partial charge in [0.2, 0.25) is 5.91 Å². The van der Waals surface area contributed by atoms with E-state index in [-0.39, 0.29) is 5.91 Å². The van der Waals surface area contributed by atoms with Gasteiger partial charge in [-0.05, 0) is 43.5 Å². The van der Waals surface area contributed by atoms with Crippen molar-refractivity contribution in [2.45, 2.75) is 32.7 Å². The van der Waals surface area contributed by atoms with E-state index in [1.54, 1.807) is 8.61 Å². The van der Waals surface area contributed by atoms with E-state index < -0.39 is 10.2 Å². The fourth-order valence-corrected chi connectivity index (χ4v) is 5.29. The number of amides is 1. The SMILES string of the molecule is CC(=O)Nc1ccc(CN2CCCN(S(=O)(=O)N3CCCC3)CC2)cc1. The van der Waals surface area contributed by atoms with Crippen LogP contribution < -0.4 is 5.32 Å². The molecule has 3 rings (SSSR count). The molecule has 0 aromatic heterocycles. The Hall–Kier alpha value is -1.48. The lowest BCUT2D eigenvalue weighted by Crippen LogP contribution is -2.44. The molecule has 1 N–H and O–H groups in total. The van der Waals surface area contributed by atoms with Crippen LogP contribution in [0.1, 0.15) is 31.7 Å². The van der Waals surface area contributed by atoms with Crippen molar-refractivity contribution in [3.63, 3.8) is 0 Å². The zero-order valence-corrected chi connectivity index (χ0v) is 16.2. The van der Waals surface area contributed by atoms with Crippen LogP contribution in [-0.2, 0) is 21.5 Å². The maximum atomic E-state index is 12.7. The van der Waals surface area contributed by atoms with Gasteiger partial charge in [-0.1, -0.05) is 12.1 Å². The second-order valence-electron chi connectivity index (χ2n) is 7.02. The number of hydrogen-bond acceptors (Lipinski definition) is 4. The zero-order chi connectivity index (χ0) is 18.6. The summed E-state index contributed by atoms with van der Waals surface area (Å²) < 4.78 is 28.7. The third-order valence-corrected chi connectivity index (χ3v) is 6.98. The molecule has 1 amide bonds. The Balaban J connectivity index is 1.56. The number of rotatable bonds is 5. The molecule has 26 heavy (non-hydrogen) atoms. The van der Waals surface area contributed by atoms with E-state index in [1.165, 1.54) is 6.92 Å². The standard InChI is InChI=1S/C18H28N4O3S/c1-16(23)19-18-7-5-17(6-8-18)15-20-9-4-12-22(14-13-20)26(24,25)21-10-2-3-11-21/h5-8H,2-4,9-15H2,1H3,(H,19,23). The molecule has 2 aliphatic rings. The summed E-state index contributed by atoms with van der Waals surface area (Å²) in [5.41, 5.74) is 1.95. The molecule has 0 atom stereocenters. The first-order valence-electron chi connectivity index (χ1n) is 9.29. The van der Waals surface area contributed by atoms with Crippen LogP contribution in [0.3, 0.4) is 0 Å². The van der Waals surface area contributed by atoms with Crippen molar-refractivity contribution in [2.24, 2.45) is 0 Å². The Bertz CT molecular complexity index is 714. The number of carbonyl (C=O) groups excluding carboxylic acids is 1. The Morgan fingerprint density at radius 1 is 0.923 bits per heavy atom. The van der Waals surface area contributed by atoms with Crippen LogP contribution in [0.15, 0.2) is 24.3 Å². The topological polar surface area (TPSA) is 73.0 Å². The van der Waals surface area contributed by atoms with E-state index in [4.69, 9.17) is 0 Å². The highest BCUT2D eigenvalue weighted by molar-refractivity contribution is 7.86. The summed E-state index contributed by atoms with van der Waals surface area (Å²) in [5.74, 6) is -0.0791. The Morgan fingerprint density at radius 2 is 1.54 bits per heavy atom. The monoisotopic (exact) mass is 380 g/mol. The molecule has 0 saturated carbocycles. The van der Waals surface area contributed by atoms with Gasteiger partial charge in [0, 0.05) is 51.9 Å². The van der Waals surface area contributed by atoms with Gasteiger partial charge in [0.25, 0.3) is 10.2 Å². The number of hydrogen-bond donors (Lipinski definition) is 1. The highest BCUT2D eigenvalue weighted by Gasteiger charge is 2.32. The molecule has 2 saturated heterocycles. The van der Waals surface area contributed by atoms with E-state index >= 15 is 0 Å². The maximum Gasteiger partial charge on any atom is 0.282 e. The molecule has 7 nitrogen and oxygen atoms in total. The second kappa shape index (κ2) is 8.47. The summed E-state index contributed by atoms with van der Waals surface area (Å²) in [4.78, 5) is 13.4. The quantitative estimate of drug-likeness (QED) is 0.840. The average Bonchev–Trinajstić information content (AvgIpc) is 3.04. The Kier molecular flexibility index (Phi) is 6.29. The molecular formula is C18H28N4O3S. The minimum Gasteiger partial charge on any atom is -0.326 e. The molecule has 1 aromatic carbocycles. The van der Waals surface area contributed by atoms with Crippen LogP contribution >= 0.6 is 0 Å². The average molecular weight is 381 g/mol. The summed E-state index contributed by atoms with van der Waals surface area (Å²) >= 11 is 0. The van der Waals surface area contributed by atoms with Crippen LogP contribution in [-0.4, -0.2) is 67.1 Å². The van der Waals surface area contributed by atoms with Crippen molar-refractivity contribution in [1.29, 1.82) is 0 Å². The van der Waals surface area contributed by atoms with Gasteiger partial charge in [-0.2, -0.15) is 17.0 Å². The molecule has 0 bridgehead atoms. The minimum absolute atomic E-state index is 0.0791. The third kappa shape index (κ3) is 4.82. The molecule has 0 unspecified atom stereocenters. The molecule has 0 aliphatic carbocycles. The van der Waals surface area contributed by atoms with E-state index in [2.05, 4.69) is 10.2 Å². The lowest BCUT2D eigenvalue weighted by molar-refractivity contribution is -0.114. The molecular weight excluding hydrogens is 352 g/mol. The zero-order valence-electron chi connectivity index (χ0n) is 15.4.